The minimum atomic E-state index is -4.63. The lowest BCUT2D eigenvalue weighted by atomic mass is 10.1. The highest BCUT2D eigenvalue weighted by Gasteiger charge is 2.26. The number of rotatable bonds is 3. The molecule has 0 aliphatic heterocycles. The van der Waals surface area contributed by atoms with Crippen LogP contribution in [0.4, 0.5) is 11.4 Å². The molecule has 0 bridgehead atoms. The Bertz CT molecular complexity index is 890. The summed E-state index contributed by atoms with van der Waals surface area (Å²) in [6.07, 6.45) is 0. The van der Waals surface area contributed by atoms with E-state index in [1.807, 2.05) is 0 Å². The van der Waals surface area contributed by atoms with E-state index in [-0.39, 0.29) is 5.39 Å². The molecule has 0 aliphatic carbocycles. The first-order chi connectivity index (χ1) is 9.62. The Labute approximate surface area is 116 Å². The zero-order valence-corrected chi connectivity index (χ0v) is 10.8. The Balaban J connectivity index is 2.99. The molecule has 0 aromatic heterocycles. The van der Waals surface area contributed by atoms with Crippen molar-refractivity contribution < 1.29 is 27.9 Å². The molecule has 0 amide bonds. The number of phenols is 1. The summed E-state index contributed by atoms with van der Waals surface area (Å²) in [6.45, 7) is 0. The smallest absolute Gasteiger partial charge is 0.318 e. The third kappa shape index (κ3) is 2.46. The van der Waals surface area contributed by atoms with Crippen molar-refractivity contribution >= 4 is 32.3 Å². The average Bonchev–Trinajstić information content (AvgIpc) is 2.36. The van der Waals surface area contributed by atoms with E-state index < -0.39 is 47.4 Å². The summed E-state index contributed by atoms with van der Waals surface area (Å²) in [6, 6.07) is 3.15. The minimum absolute atomic E-state index is 0.199. The summed E-state index contributed by atoms with van der Waals surface area (Å²) in [4.78, 5) is 19.1. The second-order valence-electron chi connectivity index (χ2n) is 3.96. The van der Waals surface area contributed by atoms with Gasteiger partial charge in [-0.1, -0.05) is 0 Å². The van der Waals surface area contributed by atoms with E-state index in [1.165, 1.54) is 0 Å². The van der Waals surface area contributed by atoms with E-state index in [2.05, 4.69) is 0 Å². The first kappa shape index (κ1) is 14.6. The number of phenolic OH excluding ortho intramolecular Hbond substituents is 1. The van der Waals surface area contributed by atoms with E-state index in [9.17, 15) is 33.8 Å². The van der Waals surface area contributed by atoms with Crippen molar-refractivity contribution in [2.75, 3.05) is 0 Å². The van der Waals surface area contributed by atoms with Crippen LogP contribution in [0.5, 0.6) is 5.75 Å². The fourth-order valence-corrected chi connectivity index (χ4v) is 2.31. The third-order valence-corrected chi connectivity index (χ3v) is 3.58. The second-order valence-corrected chi connectivity index (χ2v) is 5.38. The third-order valence-electron chi connectivity index (χ3n) is 2.73. The lowest BCUT2D eigenvalue weighted by Crippen LogP contribution is -1.99. The van der Waals surface area contributed by atoms with Crippen molar-refractivity contribution in [1.29, 1.82) is 0 Å². The van der Waals surface area contributed by atoms with Gasteiger partial charge < -0.3 is 5.11 Å². The van der Waals surface area contributed by atoms with Crippen LogP contribution in [0.3, 0.4) is 0 Å². The molecule has 10 nitrogen and oxygen atoms in total. The van der Waals surface area contributed by atoms with Crippen molar-refractivity contribution in [3.05, 3.63) is 44.5 Å². The average molecular weight is 314 g/mol. The van der Waals surface area contributed by atoms with Gasteiger partial charge >= 0.3 is 5.69 Å². The number of benzene rings is 2. The van der Waals surface area contributed by atoms with E-state index in [0.717, 1.165) is 18.2 Å². The van der Waals surface area contributed by atoms with Crippen molar-refractivity contribution in [3.63, 3.8) is 0 Å². The van der Waals surface area contributed by atoms with Gasteiger partial charge in [0.1, 0.15) is 0 Å². The summed E-state index contributed by atoms with van der Waals surface area (Å²) in [7, 11) is -4.63. The number of hydrogen-bond donors (Lipinski definition) is 2. The molecule has 0 fully saturated rings. The number of fused-ring (bicyclic) bond motifs is 1. The highest BCUT2D eigenvalue weighted by molar-refractivity contribution is 7.85. The highest BCUT2D eigenvalue weighted by Crippen LogP contribution is 2.40. The van der Waals surface area contributed by atoms with Crippen LogP contribution in [-0.2, 0) is 10.1 Å². The van der Waals surface area contributed by atoms with Crippen LogP contribution in [0.2, 0.25) is 0 Å². The van der Waals surface area contributed by atoms with Crippen molar-refractivity contribution in [2.24, 2.45) is 0 Å². The number of hydrogen-bond acceptors (Lipinski definition) is 7. The zero-order chi connectivity index (χ0) is 15.9. The van der Waals surface area contributed by atoms with E-state index in [0.29, 0.717) is 6.07 Å². The van der Waals surface area contributed by atoms with Gasteiger partial charge in [-0.05, 0) is 18.2 Å². The molecular formula is C10H6N2O8S. The number of aromatic hydroxyl groups is 1. The molecule has 0 aliphatic rings. The topological polar surface area (TPSA) is 161 Å². The Morgan fingerprint density at radius 1 is 0.952 bits per heavy atom. The minimum Gasteiger partial charge on any atom is -0.502 e. The normalized spacial score (nSPS) is 11.5. The summed E-state index contributed by atoms with van der Waals surface area (Å²) >= 11 is 0. The fraction of sp³-hybridized carbons (Fsp3) is 0. The molecule has 0 atom stereocenters. The fourth-order valence-electron chi connectivity index (χ4n) is 1.81. The van der Waals surface area contributed by atoms with Crippen LogP contribution < -0.4 is 0 Å². The first-order valence-electron chi connectivity index (χ1n) is 5.19. The van der Waals surface area contributed by atoms with Crippen molar-refractivity contribution in [3.8, 4) is 5.75 Å². The lowest BCUT2D eigenvalue weighted by Gasteiger charge is -2.05. The molecule has 0 saturated heterocycles. The van der Waals surface area contributed by atoms with Crippen LogP contribution in [0, 0.1) is 20.2 Å². The SMILES string of the molecule is O=[N+]([O-])c1cc([N+](=O)[O-])c2ccc(S(=O)(=O)O)cc2c1O. The van der Waals surface area contributed by atoms with Crippen LogP contribution >= 0.6 is 0 Å². The van der Waals surface area contributed by atoms with Crippen molar-refractivity contribution in [1.82, 2.24) is 0 Å². The van der Waals surface area contributed by atoms with Crippen LogP contribution in [-0.4, -0.2) is 27.9 Å². The van der Waals surface area contributed by atoms with Gasteiger partial charge in [-0.2, -0.15) is 8.42 Å². The predicted octanol–water partition coefficient (Wildman–Crippen LogP) is 1.61. The molecule has 11 heteroatoms. The maximum Gasteiger partial charge on any atom is 0.318 e. The Kier molecular flexibility index (Phi) is 3.23. The Morgan fingerprint density at radius 3 is 2.00 bits per heavy atom. The standard InChI is InChI=1S/C10H6N2O8S/c13-10-7-3-5(21(18,19)20)1-2-6(7)8(11(14)15)4-9(10)12(16)17/h1-4,13H,(H,18,19,20). The summed E-state index contributed by atoms with van der Waals surface area (Å²) < 4.78 is 31.0. The molecule has 0 heterocycles. The molecule has 0 radical (unpaired) electrons. The van der Waals surface area contributed by atoms with Crippen molar-refractivity contribution in [2.45, 2.75) is 4.90 Å². The summed E-state index contributed by atoms with van der Waals surface area (Å²) in [5.41, 5.74) is -1.61. The van der Waals surface area contributed by atoms with Gasteiger partial charge in [0.25, 0.3) is 15.8 Å². The van der Waals surface area contributed by atoms with E-state index in [1.54, 1.807) is 0 Å². The van der Waals surface area contributed by atoms with Gasteiger partial charge in [0.2, 0.25) is 5.75 Å². The zero-order valence-electron chi connectivity index (χ0n) is 9.96. The van der Waals surface area contributed by atoms with E-state index in [4.69, 9.17) is 4.55 Å². The predicted molar refractivity (Wildman–Crippen MR) is 68.7 cm³/mol. The number of non-ortho nitro benzene ring substituents is 1. The number of nitro groups is 2. The quantitative estimate of drug-likeness (QED) is 0.490. The molecule has 2 aromatic rings. The van der Waals surface area contributed by atoms with Crippen LogP contribution in [0.25, 0.3) is 10.8 Å². The molecular weight excluding hydrogens is 308 g/mol. The molecule has 21 heavy (non-hydrogen) atoms. The molecule has 2 rings (SSSR count). The van der Waals surface area contributed by atoms with Gasteiger partial charge in [0.05, 0.1) is 26.2 Å². The highest BCUT2D eigenvalue weighted by atomic mass is 32.2. The van der Waals surface area contributed by atoms with Crippen LogP contribution in [0.1, 0.15) is 0 Å². The maximum absolute atomic E-state index is 11.0. The maximum atomic E-state index is 11.0. The van der Waals surface area contributed by atoms with E-state index >= 15 is 0 Å². The first-order valence-corrected chi connectivity index (χ1v) is 6.63. The van der Waals surface area contributed by atoms with Gasteiger partial charge in [-0.25, -0.2) is 0 Å². The number of nitro benzene ring substituents is 2. The molecule has 2 aromatic carbocycles. The second kappa shape index (κ2) is 4.64. The van der Waals surface area contributed by atoms with Gasteiger partial charge in [-0.3, -0.25) is 24.8 Å². The molecule has 0 unspecified atom stereocenters. The van der Waals surface area contributed by atoms with Gasteiger partial charge in [0, 0.05) is 5.39 Å². The lowest BCUT2D eigenvalue weighted by molar-refractivity contribution is -0.393. The number of nitrogens with zero attached hydrogens (tertiary/aromatic N) is 2. The molecule has 0 saturated carbocycles. The monoisotopic (exact) mass is 314 g/mol. The molecule has 0 spiro atoms. The Hall–Kier alpha value is -2.79. The molecule has 110 valence electrons. The molecule has 2 N–H and O–H groups in total. The summed E-state index contributed by atoms with van der Waals surface area (Å²) in [5.74, 6) is -0.925. The summed E-state index contributed by atoms with van der Waals surface area (Å²) in [5, 5.41) is 30.8. The largest absolute Gasteiger partial charge is 0.502 e. The van der Waals surface area contributed by atoms with Gasteiger partial charge in [-0.15, -0.1) is 0 Å². The van der Waals surface area contributed by atoms with Crippen LogP contribution in [0.15, 0.2) is 29.2 Å². The Morgan fingerprint density at radius 2 is 1.52 bits per heavy atom. The van der Waals surface area contributed by atoms with Gasteiger partial charge in [0.15, 0.2) is 0 Å².